The van der Waals surface area contributed by atoms with Gasteiger partial charge in [0.05, 0.1) is 13.2 Å². The number of para-hydroxylation sites is 1. The van der Waals surface area contributed by atoms with E-state index in [1.807, 2.05) is 90.7 Å². The molecule has 0 amide bonds. The van der Waals surface area contributed by atoms with Crippen LogP contribution < -0.4 is 4.90 Å². The Morgan fingerprint density at radius 2 is 1.41 bits per heavy atom. The zero-order chi connectivity index (χ0) is 18.9. The first kappa shape index (κ1) is 18.5. The summed E-state index contributed by atoms with van der Waals surface area (Å²) in [5, 5.41) is 0. The van der Waals surface area contributed by atoms with E-state index in [0.717, 1.165) is 11.3 Å². The molecule has 27 heavy (non-hydrogen) atoms. The second-order valence-corrected chi connectivity index (χ2v) is 6.05. The van der Waals surface area contributed by atoms with Crippen LogP contribution >= 0.6 is 0 Å². The Hall–Kier alpha value is -3.33. The summed E-state index contributed by atoms with van der Waals surface area (Å²) >= 11 is 0. The summed E-state index contributed by atoms with van der Waals surface area (Å²) < 4.78 is 5.89. The molecule has 0 aliphatic heterocycles. The van der Waals surface area contributed by atoms with Gasteiger partial charge in [-0.15, -0.1) is 0 Å². The summed E-state index contributed by atoms with van der Waals surface area (Å²) in [6, 6.07) is 29.4. The van der Waals surface area contributed by atoms with E-state index in [4.69, 9.17) is 4.74 Å². The van der Waals surface area contributed by atoms with E-state index in [-0.39, 0.29) is 5.78 Å². The van der Waals surface area contributed by atoms with Crippen LogP contribution in [-0.4, -0.2) is 12.4 Å². The number of hydrogen-bond donors (Lipinski definition) is 0. The predicted octanol–water partition coefficient (Wildman–Crippen LogP) is 5.45. The molecule has 0 aliphatic rings. The highest BCUT2D eigenvalue weighted by atomic mass is 16.5. The number of carbonyl (C=O) groups is 1. The lowest BCUT2D eigenvalue weighted by molar-refractivity contribution is 0.103. The minimum Gasteiger partial charge on any atom is -0.479 e. The van der Waals surface area contributed by atoms with Crippen molar-refractivity contribution < 1.29 is 9.53 Å². The predicted molar refractivity (Wildman–Crippen MR) is 110 cm³/mol. The molecule has 0 bridgehead atoms. The Morgan fingerprint density at radius 1 is 0.852 bits per heavy atom. The summed E-state index contributed by atoms with van der Waals surface area (Å²) in [4.78, 5) is 14.8. The van der Waals surface area contributed by atoms with Gasteiger partial charge in [0.25, 0.3) is 0 Å². The zero-order valence-corrected chi connectivity index (χ0v) is 15.4. The normalized spacial score (nSPS) is 11.1. The number of ketones is 1. The topological polar surface area (TPSA) is 29.5 Å². The summed E-state index contributed by atoms with van der Waals surface area (Å²) in [5.74, 6) is 0.467. The van der Waals surface area contributed by atoms with Crippen molar-refractivity contribution >= 4 is 11.5 Å². The highest BCUT2D eigenvalue weighted by Crippen LogP contribution is 2.23. The van der Waals surface area contributed by atoms with Crippen LogP contribution in [0.1, 0.15) is 22.8 Å². The molecule has 0 atom stereocenters. The monoisotopic (exact) mass is 357 g/mol. The standard InChI is InChI=1S/C24H23NO2/c1-2-27-24(18-23(26)21-14-8-4-9-15-21)25(22-16-10-5-11-17-22)19-20-12-6-3-7-13-20/h3-18H,2,19H2,1H3/b24-18-. The zero-order valence-electron chi connectivity index (χ0n) is 15.4. The molecule has 0 fully saturated rings. The SMILES string of the molecule is CCO/C(=C\C(=O)c1ccccc1)N(Cc1ccccc1)c1ccccc1. The minimum atomic E-state index is -0.0759. The molecule has 136 valence electrons. The molecule has 3 aromatic carbocycles. The van der Waals surface area contributed by atoms with E-state index >= 15 is 0 Å². The molecule has 0 saturated heterocycles. The van der Waals surface area contributed by atoms with E-state index in [0.29, 0.717) is 24.6 Å². The fourth-order valence-corrected chi connectivity index (χ4v) is 2.81. The molecule has 0 aromatic heterocycles. The highest BCUT2D eigenvalue weighted by Gasteiger charge is 2.16. The van der Waals surface area contributed by atoms with Gasteiger partial charge in [0, 0.05) is 17.3 Å². The van der Waals surface area contributed by atoms with Gasteiger partial charge in [0.1, 0.15) is 0 Å². The Kier molecular flexibility index (Phi) is 6.42. The van der Waals surface area contributed by atoms with Gasteiger partial charge in [-0.3, -0.25) is 4.79 Å². The maximum Gasteiger partial charge on any atom is 0.198 e. The van der Waals surface area contributed by atoms with E-state index < -0.39 is 0 Å². The van der Waals surface area contributed by atoms with Crippen molar-refractivity contribution in [3.05, 3.63) is 114 Å². The van der Waals surface area contributed by atoms with Crippen molar-refractivity contribution in [3.8, 4) is 0 Å². The fourth-order valence-electron chi connectivity index (χ4n) is 2.81. The second kappa shape index (κ2) is 9.39. The molecule has 0 heterocycles. The molecule has 3 nitrogen and oxygen atoms in total. The molecule has 0 N–H and O–H groups in total. The van der Waals surface area contributed by atoms with Gasteiger partial charge in [-0.2, -0.15) is 0 Å². The van der Waals surface area contributed by atoms with Crippen molar-refractivity contribution in [1.29, 1.82) is 0 Å². The Balaban J connectivity index is 1.98. The number of anilines is 1. The molecular weight excluding hydrogens is 334 g/mol. The van der Waals surface area contributed by atoms with Crippen molar-refractivity contribution in [1.82, 2.24) is 0 Å². The maximum absolute atomic E-state index is 12.7. The Labute approximate surface area is 160 Å². The number of allylic oxidation sites excluding steroid dienone is 1. The Morgan fingerprint density at radius 3 is 2.00 bits per heavy atom. The summed E-state index contributed by atoms with van der Waals surface area (Å²) in [5.41, 5.74) is 2.75. The van der Waals surface area contributed by atoms with Crippen molar-refractivity contribution in [3.63, 3.8) is 0 Å². The maximum atomic E-state index is 12.7. The second-order valence-electron chi connectivity index (χ2n) is 6.05. The van der Waals surface area contributed by atoms with Crippen LogP contribution in [0, 0.1) is 0 Å². The van der Waals surface area contributed by atoms with Crippen LogP contribution in [0.5, 0.6) is 0 Å². The van der Waals surface area contributed by atoms with Crippen LogP contribution in [0.25, 0.3) is 0 Å². The van der Waals surface area contributed by atoms with Gasteiger partial charge in [0.15, 0.2) is 11.7 Å². The molecular formula is C24H23NO2. The van der Waals surface area contributed by atoms with E-state index in [1.165, 1.54) is 0 Å². The summed E-state index contributed by atoms with van der Waals surface area (Å²) in [6.07, 6.45) is 1.58. The largest absolute Gasteiger partial charge is 0.479 e. The molecule has 3 heteroatoms. The molecule has 0 radical (unpaired) electrons. The lowest BCUT2D eigenvalue weighted by Gasteiger charge is -2.27. The van der Waals surface area contributed by atoms with Crippen molar-refractivity contribution in [2.45, 2.75) is 13.5 Å². The smallest absolute Gasteiger partial charge is 0.198 e. The first-order chi connectivity index (χ1) is 13.3. The number of carbonyl (C=O) groups excluding carboxylic acids is 1. The Bertz CT molecular complexity index is 874. The van der Waals surface area contributed by atoms with Crippen molar-refractivity contribution in [2.75, 3.05) is 11.5 Å². The lowest BCUT2D eigenvalue weighted by atomic mass is 10.1. The number of benzene rings is 3. The third-order valence-electron chi connectivity index (χ3n) is 4.12. The quantitative estimate of drug-likeness (QED) is 0.305. The van der Waals surface area contributed by atoms with Gasteiger partial charge in [-0.05, 0) is 24.6 Å². The van der Waals surface area contributed by atoms with E-state index in [2.05, 4.69) is 12.1 Å². The number of hydrogen-bond acceptors (Lipinski definition) is 3. The van der Waals surface area contributed by atoms with Gasteiger partial charge < -0.3 is 9.64 Å². The van der Waals surface area contributed by atoms with Crippen LogP contribution in [0.15, 0.2) is 103 Å². The molecule has 0 unspecified atom stereocenters. The molecule has 0 spiro atoms. The van der Waals surface area contributed by atoms with Gasteiger partial charge in [0.2, 0.25) is 0 Å². The van der Waals surface area contributed by atoms with Crippen LogP contribution in [0.3, 0.4) is 0 Å². The number of rotatable bonds is 8. The van der Waals surface area contributed by atoms with Gasteiger partial charge in [-0.1, -0.05) is 78.9 Å². The van der Waals surface area contributed by atoms with Gasteiger partial charge >= 0.3 is 0 Å². The highest BCUT2D eigenvalue weighted by molar-refractivity contribution is 6.05. The number of nitrogens with zero attached hydrogens (tertiary/aromatic N) is 1. The third kappa shape index (κ3) is 5.08. The van der Waals surface area contributed by atoms with E-state index in [1.54, 1.807) is 6.08 Å². The van der Waals surface area contributed by atoms with Crippen LogP contribution in [-0.2, 0) is 11.3 Å². The van der Waals surface area contributed by atoms with Crippen LogP contribution in [0.2, 0.25) is 0 Å². The number of ether oxygens (including phenoxy) is 1. The van der Waals surface area contributed by atoms with Crippen molar-refractivity contribution in [2.24, 2.45) is 0 Å². The first-order valence-electron chi connectivity index (χ1n) is 9.08. The lowest BCUT2D eigenvalue weighted by Crippen LogP contribution is -2.24. The van der Waals surface area contributed by atoms with Gasteiger partial charge in [-0.25, -0.2) is 0 Å². The van der Waals surface area contributed by atoms with Crippen LogP contribution in [0.4, 0.5) is 5.69 Å². The molecule has 3 rings (SSSR count). The summed E-state index contributed by atoms with van der Waals surface area (Å²) in [6.45, 7) is 3.01. The molecule has 3 aromatic rings. The average Bonchev–Trinajstić information content (AvgIpc) is 2.74. The summed E-state index contributed by atoms with van der Waals surface area (Å²) in [7, 11) is 0. The first-order valence-corrected chi connectivity index (χ1v) is 9.08. The minimum absolute atomic E-state index is 0.0759. The third-order valence-corrected chi connectivity index (χ3v) is 4.12. The molecule has 0 aliphatic carbocycles. The average molecular weight is 357 g/mol. The molecule has 0 saturated carbocycles. The fraction of sp³-hybridized carbons (Fsp3) is 0.125. The van der Waals surface area contributed by atoms with E-state index in [9.17, 15) is 4.79 Å².